The van der Waals surface area contributed by atoms with Crippen molar-refractivity contribution in [3.8, 4) is 0 Å². The van der Waals surface area contributed by atoms with Crippen molar-refractivity contribution in [3.05, 3.63) is 87.5 Å². The molecule has 2 aromatic carbocycles. The monoisotopic (exact) mass is 498 g/mol. The molecule has 0 aliphatic carbocycles. The summed E-state index contributed by atoms with van der Waals surface area (Å²) in [6, 6.07) is 15.2. The minimum absolute atomic E-state index is 0.185. The van der Waals surface area contributed by atoms with E-state index in [0.29, 0.717) is 40.0 Å². The number of amides is 2. The molecule has 34 heavy (non-hydrogen) atoms. The van der Waals surface area contributed by atoms with E-state index in [1.165, 1.54) is 12.1 Å². The van der Waals surface area contributed by atoms with Gasteiger partial charge in [-0.05, 0) is 61.0 Å². The van der Waals surface area contributed by atoms with E-state index >= 15 is 0 Å². The van der Waals surface area contributed by atoms with Gasteiger partial charge in [0.1, 0.15) is 5.82 Å². The minimum atomic E-state index is -0.343. The highest BCUT2D eigenvalue weighted by Gasteiger charge is 2.17. The SMILES string of the molecule is CC1CN(c2ccc(CNC(=O)c3ccc(NC(=O)c4cc(Cl)cc(Cl)c4)cc3)cn2)CCO1. The summed E-state index contributed by atoms with van der Waals surface area (Å²) in [6.07, 6.45) is 1.96. The van der Waals surface area contributed by atoms with Crippen molar-refractivity contribution in [1.82, 2.24) is 10.3 Å². The van der Waals surface area contributed by atoms with E-state index in [0.717, 1.165) is 24.5 Å². The number of nitrogens with one attached hydrogen (secondary N) is 2. The largest absolute Gasteiger partial charge is 0.375 e. The standard InChI is InChI=1S/C25H24Cl2N4O3/c1-16-15-31(8-9-34-16)23-7-2-17(13-28-23)14-29-24(32)18-3-5-22(6-4-18)30-25(33)19-10-20(26)12-21(27)11-19/h2-7,10-13,16H,8-9,14-15H2,1H3,(H,29,32)(H,30,33). The molecule has 9 heteroatoms. The van der Waals surface area contributed by atoms with Crippen LogP contribution >= 0.6 is 23.2 Å². The van der Waals surface area contributed by atoms with Crippen LogP contribution in [-0.2, 0) is 11.3 Å². The lowest BCUT2D eigenvalue weighted by Gasteiger charge is -2.32. The first-order chi connectivity index (χ1) is 16.4. The number of carbonyl (C=O) groups excluding carboxylic acids is 2. The maximum atomic E-state index is 12.5. The predicted molar refractivity (Wildman–Crippen MR) is 134 cm³/mol. The first kappa shape index (κ1) is 24.0. The molecule has 1 aliphatic heterocycles. The van der Waals surface area contributed by atoms with Gasteiger partial charge in [-0.15, -0.1) is 0 Å². The third-order valence-electron chi connectivity index (χ3n) is 5.36. The number of aromatic nitrogens is 1. The molecule has 1 saturated heterocycles. The highest BCUT2D eigenvalue weighted by molar-refractivity contribution is 6.35. The Hall–Kier alpha value is -3.13. The molecule has 4 rings (SSSR count). The number of hydrogen-bond acceptors (Lipinski definition) is 5. The van der Waals surface area contributed by atoms with Crippen LogP contribution < -0.4 is 15.5 Å². The molecule has 0 saturated carbocycles. The molecule has 1 atom stereocenters. The Balaban J connectivity index is 1.30. The Bertz CT molecular complexity index is 1150. The molecular weight excluding hydrogens is 475 g/mol. The van der Waals surface area contributed by atoms with Gasteiger partial charge >= 0.3 is 0 Å². The number of halogens is 2. The van der Waals surface area contributed by atoms with Gasteiger partial charge < -0.3 is 20.3 Å². The molecule has 2 amide bonds. The van der Waals surface area contributed by atoms with Crippen molar-refractivity contribution >= 4 is 46.5 Å². The van der Waals surface area contributed by atoms with Gasteiger partial charge in [0.15, 0.2) is 0 Å². The fourth-order valence-corrected chi connectivity index (χ4v) is 4.14. The molecule has 1 aromatic heterocycles. The first-order valence-corrected chi connectivity index (χ1v) is 11.6. The van der Waals surface area contributed by atoms with Crippen molar-refractivity contribution in [2.75, 3.05) is 29.9 Å². The number of morpholine rings is 1. The van der Waals surface area contributed by atoms with E-state index in [4.69, 9.17) is 27.9 Å². The van der Waals surface area contributed by atoms with Crippen LogP contribution in [0.1, 0.15) is 33.2 Å². The van der Waals surface area contributed by atoms with Crippen LogP contribution in [0.25, 0.3) is 0 Å². The van der Waals surface area contributed by atoms with Gasteiger partial charge in [0, 0.05) is 52.7 Å². The van der Waals surface area contributed by atoms with Crippen molar-refractivity contribution in [1.29, 1.82) is 0 Å². The molecule has 2 N–H and O–H groups in total. The Kier molecular flexibility index (Phi) is 7.67. The Morgan fingerprint density at radius 1 is 1.03 bits per heavy atom. The lowest BCUT2D eigenvalue weighted by molar-refractivity contribution is 0.0529. The number of anilines is 2. The Morgan fingerprint density at radius 3 is 2.41 bits per heavy atom. The van der Waals surface area contributed by atoms with Gasteiger partial charge in [-0.25, -0.2) is 4.98 Å². The summed E-state index contributed by atoms with van der Waals surface area (Å²) in [6.45, 7) is 4.73. The van der Waals surface area contributed by atoms with Crippen molar-refractivity contribution in [3.63, 3.8) is 0 Å². The van der Waals surface area contributed by atoms with Gasteiger partial charge in [0.2, 0.25) is 0 Å². The molecule has 0 bridgehead atoms. The van der Waals surface area contributed by atoms with Crippen molar-refractivity contribution in [2.24, 2.45) is 0 Å². The van der Waals surface area contributed by atoms with E-state index in [1.54, 1.807) is 36.5 Å². The molecule has 1 aliphatic rings. The first-order valence-electron chi connectivity index (χ1n) is 10.8. The minimum Gasteiger partial charge on any atom is -0.375 e. The van der Waals surface area contributed by atoms with E-state index in [2.05, 4.69) is 20.5 Å². The zero-order chi connectivity index (χ0) is 24.1. The summed E-state index contributed by atoms with van der Waals surface area (Å²) in [5.41, 5.74) is 2.29. The second-order valence-electron chi connectivity index (χ2n) is 8.02. The topological polar surface area (TPSA) is 83.6 Å². The molecule has 2 heterocycles. The fourth-order valence-electron chi connectivity index (χ4n) is 3.61. The summed E-state index contributed by atoms with van der Waals surface area (Å²) < 4.78 is 5.57. The van der Waals surface area contributed by atoms with Gasteiger partial charge in [-0.2, -0.15) is 0 Å². The zero-order valence-electron chi connectivity index (χ0n) is 18.6. The average Bonchev–Trinajstić information content (AvgIpc) is 2.83. The Morgan fingerprint density at radius 2 is 1.76 bits per heavy atom. The number of carbonyl (C=O) groups is 2. The maximum Gasteiger partial charge on any atom is 0.255 e. The van der Waals surface area contributed by atoms with Crippen LogP contribution in [0.5, 0.6) is 0 Å². The van der Waals surface area contributed by atoms with Crippen LogP contribution in [0.2, 0.25) is 10.0 Å². The lowest BCUT2D eigenvalue weighted by Crippen LogP contribution is -2.41. The molecule has 7 nitrogen and oxygen atoms in total. The molecule has 0 radical (unpaired) electrons. The van der Waals surface area contributed by atoms with Gasteiger partial charge in [0.05, 0.1) is 12.7 Å². The highest BCUT2D eigenvalue weighted by atomic mass is 35.5. The molecular formula is C25H24Cl2N4O3. The molecule has 3 aromatic rings. The third-order valence-corrected chi connectivity index (χ3v) is 5.79. The molecule has 1 fully saturated rings. The van der Waals surface area contributed by atoms with Crippen LogP contribution in [-0.4, -0.2) is 42.6 Å². The quantitative estimate of drug-likeness (QED) is 0.510. The second-order valence-corrected chi connectivity index (χ2v) is 8.90. The van der Waals surface area contributed by atoms with Gasteiger partial charge in [0.25, 0.3) is 11.8 Å². The third kappa shape index (κ3) is 6.26. The number of nitrogens with zero attached hydrogens (tertiary/aromatic N) is 2. The van der Waals surface area contributed by atoms with Crippen molar-refractivity contribution in [2.45, 2.75) is 19.6 Å². The van der Waals surface area contributed by atoms with E-state index in [1.807, 2.05) is 19.1 Å². The van der Waals surface area contributed by atoms with Crippen LogP contribution in [0.4, 0.5) is 11.5 Å². The van der Waals surface area contributed by atoms with Crippen LogP contribution in [0.3, 0.4) is 0 Å². The fraction of sp³-hybridized carbons (Fsp3) is 0.240. The number of hydrogen-bond donors (Lipinski definition) is 2. The van der Waals surface area contributed by atoms with Crippen LogP contribution in [0.15, 0.2) is 60.8 Å². The normalized spacial score (nSPS) is 15.6. The maximum absolute atomic E-state index is 12.5. The van der Waals surface area contributed by atoms with Crippen LogP contribution in [0, 0.1) is 0 Å². The highest BCUT2D eigenvalue weighted by Crippen LogP contribution is 2.20. The smallest absolute Gasteiger partial charge is 0.255 e. The number of ether oxygens (including phenoxy) is 1. The predicted octanol–water partition coefficient (Wildman–Crippen LogP) is 4.80. The summed E-state index contributed by atoms with van der Waals surface area (Å²) in [5.74, 6) is 0.345. The molecule has 176 valence electrons. The van der Waals surface area contributed by atoms with E-state index in [-0.39, 0.29) is 17.9 Å². The molecule has 1 unspecified atom stereocenters. The van der Waals surface area contributed by atoms with Crippen molar-refractivity contribution < 1.29 is 14.3 Å². The lowest BCUT2D eigenvalue weighted by atomic mass is 10.1. The number of benzene rings is 2. The molecule has 0 spiro atoms. The Labute approximate surface area is 208 Å². The summed E-state index contributed by atoms with van der Waals surface area (Å²) in [5, 5.41) is 6.41. The van der Waals surface area contributed by atoms with Gasteiger partial charge in [-0.1, -0.05) is 29.3 Å². The summed E-state index contributed by atoms with van der Waals surface area (Å²) >= 11 is 11.9. The number of rotatable bonds is 6. The van der Waals surface area contributed by atoms with E-state index < -0.39 is 0 Å². The average molecular weight is 499 g/mol. The van der Waals surface area contributed by atoms with E-state index in [9.17, 15) is 9.59 Å². The van der Waals surface area contributed by atoms with Gasteiger partial charge in [-0.3, -0.25) is 9.59 Å². The number of pyridine rings is 1. The zero-order valence-corrected chi connectivity index (χ0v) is 20.1. The summed E-state index contributed by atoms with van der Waals surface area (Å²) in [7, 11) is 0. The second kappa shape index (κ2) is 10.9. The summed E-state index contributed by atoms with van der Waals surface area (Å²) in [4.78, 5) is 31.7.